The van der Waals surface area contributed by atoms with Crippen LogP contribution in [0.1, 0.15) is 13.3 Å². The van der Waals surface area contributed by atoms with Gasteiger partial charge >= 0.3 is 10.2 Å². The van der Waals surface area contributed by atoms with Gasteiger partial charge in [0.25, 0.3) is 0 Å². The summed E-state index contributed by atoms with van der Waals surface area (Å²) in [4.78, 5) is 0. The summed E-state index contributed by atoms with van der Waals surface area (Å²) >= 11 is 1.64. The second-order valence-corrected chi connectivity index (χ2v) is 7.53. The van der Waals surface area contributed by atoms with Gasteiger partial charge in [-0.25, -0.2) is 0 Å². The Bertz CT molecular complexity index is 682. The summed E-state index contributed by atoms with van der Waals surface area (Å²) in [6, 6.07) is 7.57. The van der Waals surface area contributed by atoms with Crippen LogP contribution in [0.3, 0.4) is 0 Å². The molecule has 0 amide bonds. The molecule has 5 nitrogen and oxygen atoms in total. The summed E-state index contributed by atoms with van der Waals surface area (Å²) in [5, 5.41) is 6.23. The number of hydrogen-bond acceptors (Lipinski definition) is 4. The number of fused-ring (bicyclic) bond motifs is 1. The topological polar surface area (TPSA) is 61.4 Å². The van der Waals surface area contributed by atoms with Crippen molar-refractivity contribution in [2.75, 3.05) is 31.4 Å². The first-order valence-electron chi connectivity index (χ1n) is 6.95. The van der Waals surface area contributed by atoms with Gasteiger partial charge in [-0.2, -0.15) is 12.7 Å². The molecule has 0 fully saturated rings. The zero-order valence-corrected chi connectivity index (χ0v) is 13.9. The van der Waals surface area contributed by atoms with E-state index in [0.29, 0.717) is 12.2 Å². The van der Waals surface area contributed by atoms with E-state index in [1.165, 1.54) is 4.31 Å². The lowest BCUT2D eigenvalue weighted by atomic mass is 10.2. The number of thiophene rings is 1. The van der Waals surface area contributed by atoms with E-state index in [1.54, 1.807) is 24.5 Å². The molecule has 0 unspecified atom stereocenters. The maximum atomic E-state index is 12.2. The highest BCUT2D eigenvalue weighted by atomic mass is 32.2. The quantitative estimate of drug-likeness (QED) is 0.732. The van der Waals surface area contributed by atoms with Crippen molar-refractivity contribution in [1.29, 1.82) is 0 Å². The summed E-state index contributed by atoms with van der Waals surface area (Å²) in [6.07, 6.45) is 0.787. The lowest BCUT2D eigenvalue weighted by Gasteiger charge is -2.18. The van der Waals surface area contributed by atoms with E-state index in [0.717, 1.165) is 29.6 Å². The number of benzene rings is 1. The molecule has 1 aromatic heterocycles. The van der Waals surface area contributed by atoms with Gasteiger partial charge in [0.2, 0.25) is 0 Å². The van der Waals surface area contributed by atoms with Crippen molar-refractivity contribution < 1.29 is 8.42 Å². The van der Waals surface area contributed by atoms with E-state index >= 15 is 0 Å². The average Bonchev–Trinajstić information content (AvgIpc) is 2.90. The molecule has 2 N–H and O–H groups in total. The lowest BCUT2D eigenvalue weighted by Crippen LogP contribution is -2.34. The van der Waals surface area contributed by atoms with Gasteiger partial charge in [-0.3, -0.25) is 4.72 Å². The van der Waals surface area contributed by atoms with Crippen molar-refractivity contribution in [3.8, 4) is 0 Å². The lowest BCUT2D eigenvalue weighted by molar-refractivity contribution is 0.459. The smallest absolute Gasteiger partial charge is 0.301 e. The maximum Gasteiger partial charge on any atom is 0.301 e. The third-order valence-corrected chi connectivity index (χ3v) is 5.58. The van der Waals surface area contributed by atoms with Gasteiger partial charge in [0.1, 0.15) is 0 Å². The molecule has 1 heterocycles. The standard InChI is InChI=1S/C14H21N3O2S2/c1-3-15-8-4-9-17(2)21(18,19)16-13-5-6-14-12(11-13)7-10-20-14/h5-7,10-11,15-16H,3-4,8-9H2,1-2H3. The van der Waals surface area contributed by atoms with E-state index < -0.39 is 10.2 Å². The van der Waals surface area contributed by atoms with Crippen LogP contribution in [-0.4, -0.2) is 39.4 Å². The first-order valence-corrected chi connectivity index (χ1v) is 9.27. The Labute approximate surface area is 130 Å². The highest BCUT2D eigenvalue weighted by Gasteiger charge is 2.17. The summed E-state index contributed by atoms with van der Waals surface area (Å²) in [5.74, 6) is 0. The molecular weight excluding hydrogens is 306 g/mol. The van der Waals surface area contributed by atoms with Gasteiger partial charge in [0, 0.05) is 18.3 Å². The molecule has 1 aromatic carbocycles. The summed E-state index contributed by atoms with van der Waals surface area (Å²) in [6.45, 7) is 4.23. The molecule has 116 valence electrons. The second kappa shape index (κ2) is 7.22. The van der Waals surface area contributed by atoms with Gasteiger partial charge in [0.15, 0.2) is 0 Å². The minimum atomic E-state index is -3.49. The Balaban J connectivity index is 1.98. The molecule has 0 saturated carbocycles. The average molecular weight is 327 g/mol. The Kier molecular flexibility index (Phi) is 5.58. The van der Waals surface area contributed by atoms with Gasteiger partial charge in [0.05, 0.1) is 5.69 Å². The van der Waals surface area contributed by atoms with Crippen LogP contribution < -0.4 is 10.0 Å². The van der Waals surface area contributed by atoms with Crippen LogP contribution in [0.4, 0.5) is 5.69 Å². The third kappa shape index (κ3) is 4.41. The van der Waals surface area contributed by atoms with Gasteiger partial charge in [-0.1, -0.05) is 6.92 Å². The Morgan fingerprint density at radius 1 is 1.29 bits per heavy atom. The molecule has 0 aliphatic heterocycles. The van der Waals surface area contributed by atoms with Crippen molar-refractivity contribution in [1.82, 2.24) is 9.62 Å². The van der Waals surface area contributed by atoms with Crippen LogP contribution in [0.5, 0.6) is 0 Å². The molecule has 0 bridgehead atoms. The van der Waals surface area contributed by atoms with Crippen molar-refractivity contribution in [3.63, 3.8) is 0 Å². The molecule has 0 radical (unpaired) electrons. The summed E-state index contributed by atoms with van der Waals surface area (Å²) in [7, 11) is -1.90. The van der Waals surface area contributed by atoms with Crippen molar-refractivity contribution in [3.05, 3.63) is 29.6 Å². The first kappa shape index (κ1) is 16.2. The molecule has 0 saturated heterocycles. The zero-order valence-electron chi connectivity index (χ0n) is 12.3. The fourth-order valence-electron chi connectivity index (χ4n) is 1.98. The fourth-order valence-corrected chi connectivity index (χ4v) is 3.70. The van der Waals surface area contributed by atoms with Crippen LogP contribution in [-0.2, 0) is 10.2 Å². The number of rotatable bonds is 8. The molecule has 0 aliphatic rings. The van der Waals surface area contributed by atoms with E-state index in [9.17, 15) is 8.42 Å². The van der Waals surface area contributed by atoms with Crippen LogP contribution >= 0.6 is 11.3 Å². The molecule has 7 heteroatoms. The number of anilines is 1. The van der Waals surface area contributed by atoms with Gasteiger partial charge in [-0.15, -0.1) is 11.3 Å². The highest BCUT2D eigenvalue weighted by Crippen LogP contribution is 2.24. The molecule has 21 heavy (non-hydrogen) atoms. The minimum Gasteiger partial charge on any atom is -0.317 e. The monoisotopic (exact) mass is 327 g/mol. The molecule has 0 atom stereocenters. The summed E-state index contributed by atoms with van der Waals surface area (Å²) in [5.41, 5.74) is 0.597. The van der Waals surface area contributed by atoms with Crippen LogP contribution in [0.15, 0.2) is 29.6 Å². The van der Waals surface area contributed by atoms with Gasteiger partial charge in [-0.05, 0) is 54.5 Å². The van der Waals surface area contributed by atoms with Crippen LogP contribution in [0.25, 0.3) is 10.1 Å². The minimum absolute atomic E-state index is 0.489. The predicted molar refractivity (Wildman–Crippen MR) is 90.2 cm³/mol. The molecular formula is C14H21N3O2S2. The largest absolute Gasteiger partial charge is 0.317 e. The maximum absolute atomic E-state index is 12.2. The fraction of sp³-hybridized carbons (Fsp3) is 0.429. The number of hydrogen-bond donors (Lipinski definition) is 2. The van der Waals surface area contributed by atoms with Gasteiger partial charge < -0.3 is 5.32 Å². The van der Waals surface area contributed by atoms with E-state index in [2.05, 4.69) is 10.0 Å². The third-order valence-electron chi connectivity index (χ3n) is 3.19. The normalized spacial score (nSPS) is 12.1. The van der Waals surface area contributed by atoms with Crippen LogP contribution in [0.2, 0.25) is 0 Å². The SMILES string of the molecule is CCNCCCN(C)S(=O)(=O)Nc1ccc2sccc2c1. The van der Waals surface area contributed by atoms with E-state index in [4.69, 9.17) is 0 Å². The molecule has 0 aliphatic carbocycles. The first-order chi connectivity index (χ1) is 10.0. The van der Waals surface area contributed by atoms with Crippen molar-refractivity contribution in [2.45, 2.75) is 13.3 Å². The Hall–Kier alpha value is -1.15. The number of nitrogens with one attached hydrogen (secondary N) is 2. The van der Waals surface area contributed by atoms with Crippen LogP contribution in [0, 0.1) is 0 Å². The highest BCUT2D eigenvalue weighted by molar-refractivity contribution is 7.90. The molecule has 2 rings (SSSR count). The van der Waals surface area contributed by atoms with E-state index in [1.807, 2.05) is 30.5 Å². The number of nitrogens with zero attached hydrogens (tertiary/aromatic N) is 1. The zero-order chi connectivity index (χ0) is 15.3. The van der Waals surface area contributed by atoms with E-state index in [-0.39, 0.29) is 0 Å². The molecule has 0 spiro atoms. The van der Waals surface area contributed by atoms with Crippen molar-refractivity contribution in [2.24, 2.45) is 0 Å². The Morgan fingerprint density at radius 3 is 2.86 bits per heavy atom. The summed E-state index contributed by atoms with van der Waals surface area (Å²) < 4.78 is 29.6. The predicted octanol–water partition coefficient (Wildman–Crippen LogP) is 2.49. The van der Waals surface area contributed by atoms with Crippen molar-refractivity contribution >= 4 is 37.3 Å². The molecule has 2 aromatic rings. The Morgan fingerprint density at radius 2 is 2.10 bits per heavy atom. The second-order valence-electron chi connectivity index (χ2n) is 4.81.